The summed E-state index contributed by atoms with van der Waals surface area (Å²) < 4.78 is 28.3. The van der Waals surface area contributed by atoms with Crippen LogP contribution in [0.4, 0.5) is 14.5 Å². The Morgan fingerprint density at radius 2 is 1.76 bits per heavy atom. The lowest BCUT2D eigenvalue weighted by atomic mass is 9.96. The van der Waals surface area contributed by atoms with Gasteiger partial charge in [0.05, 0.1) is 6.04 Å². The SMILES string of the molecule is Fc1cccc(C2Nc3ccccc3-c3ccnc4[nH]cc2c34)c1F. The third-order valence-electron chi connectivity index (χ3n) is 4.72. The minimum absolute atomic E-state index is 0.271. The van der Waals surface area contributed by atoms with Crippen LogP contribution in [0.5, 0.6) is 0 Å². The van der Waals surface area contributed by atoms with Crippen LogP contribution >= 0.6 is 0 Å². The second-order valence-electron chi connectivity index (χ2n) is 6.09. The second kappa shape index (κ2) is 5.14. The molecule has 0 spiro atoms. The largest absolute Gasteiger partial charge is 0.373 e. The van der Waals surface area contributed by atoms with Crippen molar-refractivity contribution in [2.75, 3.05) is 5.32 Å². The van der Waals surface area contributed by atoms with Crippen LogP contribution < -0.4 is 5.32 Å². The van der Waals surface area contributed by atoms with Gasteiger partial charge in [0.1, 0.15) is 5.65 Å². The predicted octanol–water partition coefficient (Wildman–Crippen LogP) is 5.02. The summed E-state index contributed by atoms with van der Waals surface area (Å²) in [5.41, 5.74) is 4.75. The molecule has 2 aromatic carbocycles. The van der Waals surface area contributed by atoms with Gasteiger partial charge in [0.15, 0.2) is 11.6 Å². The van der Waals surface area contributed by atoms with Crippen molar-refractivity contribution in [1.82, 2.24) is 9.97 Å². The molecule has 2 N–H and O–H groups in total. The number of para-hydroxylation sites is 1. The van der Waals surface area contributed by atoms with E-state index in [4.69, 9.17) is 0 Å². The Hall–Kier alpha value is -3.21. The van der Waals surface area contributed by atoms with E-state index >= 15 is 0 Å². The summed E-state index contributed by atoms with van der Waals surface area (Å²) in [6, 6.07) is 13.5. The summed E-state index contributed by atoms with van der Waals surface area (Å²) >= 11 is 0. The van der Waals surface area contributed by atoms with Gasteiger partial charge in [0.2, 0.25) is 0 Å². The van der Waals surface area contributed by atoms with Gasteiger partial charge >= 0.3 is 0 Å². The van der Waals surface area contributed by atoms with E-state index in [2.05, 4.69) is 15.3 Å². The molecule has 1 atom stereocenters. The van der Waals surface area contributed by atoms with Crippen molar-refractivity contribution in [3.63, 3.8) is 0 Å². The summed E-state index contributed by atoms with van der Waals surface area (Å²) in [5.74, 6) is -1.69. The Morgan fingerprint density at radius 1 is 0.880 bits per heavy atom. The van der Waals surface area contributed by atoms with E-state index in [1.165, 1.54) is 6.07 Å². The Morgan fingerprint density at radius 3 is 2.68 bits per heavy atom. The van der Waals surface area contributed by atoms with E-state index < -0.39 is 17.7 Å². The maximum absolute atomic E-state index is 14.5. The van der Waals surface area contributed by atoms with Crippen molar-refractivity contribution in [3.8, 4) is 11.1 Å². The third-order valence-corrected chi connectivity index (χ3v) is 4.72. The van der Waals surface area contributed by atoms with Crippen molar-refractivity contribution >= 4 is 16.7 Å². The maximum Gasteiger partial charge on any atom is 0.164 e. The minimum Gasteiger partial charge on any atom is -0.373 e. The van der Waals surface area contributed by atoms with Crippen LogP contribution in [0.1, 0.15) is 17.2 Å². The Balaban J connectivity index is 1.86. The van der Waals surface area contributed by atoms with Crippen LogP contribution in [0.2, 0.25) is 0 Å². The van der Waals surface area contributed by atoms with Crippen molar-refractivity contribution in [3.05, 3.63) is 83.7 Å². The number of aromatic amines is 1. The fourth-order valence-corrected chi connectivity index (χ4v) is 3.60. The number of fused-ring (bicyclic) bond motifs is 2. The van der Waals surface area contributed by atoms with Gasteiger partial charge < -0.3 is 10.3 Å². The quantitative estimate of drug-likeness (QED) is 0.513. The topological polar surface area (TPSA) is 40.7 Å². The first-order chi connectivity index (χ1) is 12.2. The zero-order valence-electron chi connectivity index (χ0n) is 13.1. The molecule has 1 aliphatic rings. The molecule has 0 saturated carbocycles. The van der Waals surface area contributed by atoms with E-state index in [0.29, 0.717) is 0 Å². The van der Waals surface area contributed by atoms with Crippen molar-refractivity contribution in [2.24, 2.45) is 0 Å². The molecule has 25 heavy (non-hydrogen) atoms. The zero-order valence-corrected chi connectivity index (χ0v) is 13.1. The van der Waals surface area contributed by atoms with Gasteiger partial charge in [-0.2, -0.15) is 0 Å². The molecule has 0 saturated heterocycles. The molecule has 3 heterocycles. The highest BCUT2D eigenvalue weighted by Crippen LogP contribution is 2.43. The molecular formula is C20H13F2N3. The number of benzene rings is 2. The van der Waals surface area contributed by atoms with Gasteiger partial charge in [-0.25, -0.2) is 13.8 Å². The van der Waals surface area contributed by atoms with E-state index in [9.17, 15) is 8.78 Å². The normalized spacial score (nSPS) is 15.5. The minimum atomic E-state index is -0.852. The summed E-state index contributed by atoms with van der Waals surface area (Å²) in [4.78, 5) is 7.52. The monoisotopic (exact) mass is 333 g/mol. The van der Waals surface area contributed by atoms with Crippen molar-refractivity contribution in [2.45, 2.75) is 6.04 Å². The van der Waals surface area contributed by atoms with Crippen LogP contribution in [-0.2, 0) is 0 Å². The lowest BCUT2D eigenvalue weighted by Gasteiger charge is -2.20. The molecule has 1 aliphatic heterocycles. The average molecular weight is 333 g/mol. The van der Waals surface area contributed by atoms with Gasteiger partial charge in [0.25, 0.3) is 0 Å². The molecule has 0 bridgehead atoms. The first kappa shape index (κ1) is 14.2. The third kappa shape index (κ3) is 1.99. The molecule has 1 unspecified atom stereocenters. The Bertz CT molecular complexity index is 1120. The molecule has 3 nitrogen and oxygen atoms in total. The second-order valence-corrected chi connectivity index (χ2v) is 6.09. The molecule has 5 heteroatoms. The molecule has 0 fully saturated rings. The van der Waals surface area contributed by atoms with Crippen LogP contribution in [0, 0.1) is 11.6 Å². The lowest BCUT2D eigenvalue weighted by molar-refractivity contribution is 0.496. The number of nitrogens with zero attached hydrogens (tertiary/aromatic N) is 1. The number of hydrogen-bond donors (Lipinski definition) is 2. The number of pyridine rings is 1. The summed E-state index contributed by atoms with van der Waals surface area (Å²) in [6.45, 7) is 0. The summed E-state index contributed by atoms with van der Waals surface area (Å²) in [5, 5.41) is 4.31. The molecular weight excluding hydrogens is 320 g/mol. The van der Waals surface area contributed by atoms with Gasteiger partial charge in [-0.05, 0) is 23.8 Å². The predicted molar refractivity (Wildman–Crippen MR) is 93.4 cm³/mol. The molecule has 0 aliphatic carbocycles. The average Bonchev–Trinajstić information content (AvgIpc) is 3.00. The van der Waals surface area contributed by atoms with Crippen LogP contribution in [0.25, 0.3) is 22.2 Å². The van der Waals surface area contributed by atoms with Crippen LogP contribution in [0.3, 0.4) is 0 Å². The highest BCUT2D eigenvalue weighted by Gasteiger charge is 2.28. The fourth-order valence-electron chi connectivity index (χ4n) is 3.60. The molecule has 0 radical (unpaired) electrons. The van der Waals surface area contributed by atoms with Crippen molar-refractivity contribution < 1.29 is 8.78 Å². The van der Waals surface area contributed by atoms with Gasteiger partial charge in [-0.3, -0.25) is 0 Å². The van der Waals surface area contributed by atoms with Crippen LogP contribution in [-0.4, -0.2) is 9.97 Å². The highest BCUT2D eigenvalue weighted by molar-refractivity contribution is 6.01. The number of hydrogen-bond acceptors (Lipinski definition) is 2. The van der Waals surface area contributed by atoms with Gasteiger partial charge in [0, 0.05) is 40.2 Å². The standard InChI is InChI=1S/C20H13F2N3/c21-15-6-3-5-13(18(15)22)19-14-10-24-20-17(14)12(8-9-23-20)11-4-1-2-7-16(11)25-19/h1-10,19,25H,(H,23,24). The highest BCUT2D eigenvalue weighted by atomic mass is 19.2. The van der Waals surface area contributed by atoms with E-state index in [-0.39, 0.29) is 5.56 Å². The lowest BCUT2D eigenvalue weighted by Crippen LogP contribution is -2.13. The molecule has 0 amide bonds. The van der Waals surface area contributed by atoms with E-state index in [1.54, 1.807) is 12.3 Å². The van der Waals surface area contributed by atoms with Gasteiger partial charge in [-0.15, -0.1) is 0 Å². The number of H-pyrrole nitrogens is 1. The van der Waals surface area contributed by atoms with E-state index in [0.717, 1.165) is 39.5 Å². The van der Waals surface area contributed by atoms with Gasteiger partial charge in [-0.1, -0.05) is 30.3 Å². The number of anilines is 1. The van der Waals surface area contributed by atoms with Crippen molar-refractivity contribution in [1.29, 1.82) is 0 Å². The first-order valence-electron chi connectivity index (χ1n) is 8.00. The number of nitrogens with one attached hydrogen (secondary N) is 2. The molecule has 4 aromatic rings. The zero-order chi connectivity index (χ0) is 17.0. The molecule has 122 valence electrons. The Labute approximate surface area is 142 Å². The maximum atomic E-state index is 14.5. The fraction of sp³-hybridized carbons (Fsp3) is 0.0500. The smallest absolute Gasteiger partial charge is 0.164 e. The number of halogens is 2. The summed E-state index contributed by atoms with van der Waals surface area (Å²) in [6.07, 6.45) is 3.56. The molecule has 5 rings (SSSR count). The summed E-state index contributed by atoms with van der Waals surface area (Å²) in [7, 11) is 0. The van der Waals surface area contributed by atoms with E-state index in [1.807, 2.05) is 36.5 Å². The Kier molecular flexibility index (Phi) is 2.91. The first-order valence-corrected chi connectivity index (χ1v) is 8.00. The van der Waals surface area contributed by atoms with Crippen LogP contribution in [0.15, 0.2) is 60.9 Å². The molecule has 2 aromatic heterocycles. The number of rotatable bonds is 1. The number of aromatic nitrogens is 2.